The van der Waals surface area contributed by atoms with Crippen LogP contribution in [0.2, 0.25) is 0 Å². The maximum Gasteiger partial charge on any atom is 0.0715 e. The molecular weight excluding hydrogens is 254 g/mol. The van der Waals surface area contributed by atoms with Crippen molar-refractivity contribution in [2.45, 2.75) is 32.4 Å². The lowest BCUT2D eigenvalue weighted by atomic mass is 10.1. The van der Waals surface area contributed by atoms with Crippen molar-refractivity contribution in [3.63, 3.8) is 0 Å². The van der Waals surface area contributed by atoms with E-state index in [2.05, 4.69) is 40.3 Å². The van der Waals surface area contributed by atoms with Gasteiger partial charge in [0, 0.05) is 17.1 Å². The molecule has 0 aliphatic heterocycles. The quantitative estimate of drug-likeness (QED) is 0.883. The summed E-state index contributed by atoms with van der Waals surface area (Å²) in [6.45, 7) is 6.27. The molecule has 0 saturated heterocycles. The van der Waals surface area contributed by atoms with E-state index < -0.39 is 5.60 Å². The molecule has 0 radical (unpaired) electrons. The van der Waals surface area contributed by atoms with Gasteiger partial charge in [-0.3, -0.25) is 0 Å². The zero-order chi connectivity index (χ0) is 11.5. The third-order valence-corrected chi connectivity index (χ3v) is 2.68. The molecule has 0 heterocycles. The Morgan fingerprint density at radius 3 is 2.67 bits per heavy atom. The lowest BCUT2D eigenvalue weighted by Gasteiger charge is -2.22. The normalized spacial score (nSPS) is 13.9. The van der Waals surface area contributed by atoms with E-state index in [4.69, 9.17) is 0 Å². The van der Waals surface area contributed by atoms with Crippen molar-refractivity contribution in [1.29, 1.82) is 0 Å². The van der Waals surface area contributed by atoms with Gasteiger partial charge < -0.3 is 10.4 Å². The van der Waals surface area contributed by atoms with Crippen LogP contribution in [0.15, 0.2) is 28.7 Å². The second kappa shape index (κ2) is 5.10. The van der Waals surface area contributed by atoms with Crippen LogP contribution in [0.25, 0.3) is 0 Å². The molecule has 15 heavy (non-hydrogen) atoms. The Morgan fingerprint density at radius 1 is 1.47 bits per heavy atom. The van der Waals surface area contributed by atoms with E-state index in [0.29, 0.717) is 6.54 Å². The average molecular weight is 272 g/mol. The first-order valence-electron chi connectivity index (χ1n) is 5.10. The Morgan fingerprint density at radius 2 is 2.13 bits per heavy atom. The van der Waals surface area contributed by atoms with Gasteiger partial charge >= 0.3 is 0 Å². The molecule has 0 amide bonds. The third kappa shape index (κ3) is 4.78. The predicted octanol–water partition coefficient (Wildman–Crippen LogP) is 2.87. The van der Waals surface area contributed by atoms with E-state index in [1.165, 1.54) is 5.56 Å². The topological polar surface area (TPSA) is 32.3 Å². The molecule has 0 unspecified atom stereocenters. The van der Waals surface area contributed by atoms with Crippen LogP contribution in [-0.2, 0) is 0 Å². The number of aliphatic hydroxyl groups is 1. The third-order valence-electron chi connectivity index (χ3n) is 2.19. The molecule has 0 spiro atoms. The summed E-state index contributed by atoms with van der Waals surface area (Å²) in [5.41, 5.74) is 0.550. The number of rotatable bonds is 4. The molecule has 1 atom stereocenters. The SMILES string of the molecule is C[C@H](NCC(C)(C)O)c1cccc(Br)c1. The first-order valence-corrected chi connectivity index (χ1v) is 5.89. The first-order chi connectivity index (χ1) is 6.88. The highest BCUT2D eigenvalue weighted by molar-refractivity contribution is 9.10. The minimum absolute atomic E-state index is 0.244. The van der Waals surface area contributed by atoms with E-state index in [0.717, 1.165) is 4.47 Å². The molecule has 2 N–H and O–H groups in total. The summed E-state index contributed by atoms with van der Waals surface area (Å²) >= 11 is 3.44. The maximum atomic E-state index is 9.60. The fraction of sp³-hybridized carbons (Fsp3) is 0.500. The standard InChI is InChI=1S/C12H18BrNO/c1-9(14-8-12(2,3)15)10-5-4-6-11(13)7-10/h4-7,9,14-15H,8H2,1-3H3/t9-/m0/s1. The number of hydrogen-bond donors (Lipinski definition) is 2. The van der Waals surface area contributed by atoms with E-state index >= 15 is 0 Å². The Kier molecular flexibility index (Phi) is 4.32. The summed E-state index contributed by atoms with van der Waals surface area (Å²) in [7, 11) is 0. The lowest BCUT2D eigenvalue weighted by Crippen LogP contribution is -2.36. The predicted molar refractivity (Wildman–Crippen MR) is 66.9 cm³/mol. The molecule has 0 fully saturated rings. The molecule has 0 saturated carbocycles. The fourth-order valence-electron chi connectivity index (χ4n) is 1.30. The van der Waals surface area contributed by atoms with Crippen molar-refractivity contribution in [2.75, 3.05) is 6.54 Å². The highest BCUT2D eigenvalue weighted by Gasteiger charge is 2.14. The van der Waals surface area contributed by atoms with Crippen molar-refractivity contribution in [3.05, 3.63) is 34.3 Å². The molecule has 1 aromatic rings. The van der Waals surface area contributed by atoms with Gasteiger partial charge in [0.1, 0.15) is 0 Å². The largest absolute Gasteiger partial charge is 0.389 e. The Bertz CT molecular complexity index is 320. The molecule has 3 heteroatoms. The summed E-state index contributed by atoms with van der Waals surface area (Å²) < 4.78 is 1.08. The summed E-state index contributed by atoms with van der Waals surface area (Å²) in [5, 5.41) is 12.9. The maximum absolute atomic E-state index is 9.60. The highest BCUT2D eigenvalue weighted by Crippen LogP contribution is 2.18. The number of hydrogen-bond acceptors (Lipinski definition) is 2. The molecule has 0 bridgehead atoms. The first kappa shape index (κ1) is 12.7. The van der Waals surface area contributed by atoms with Crippen molar-refractivity contribution in [2.24, 2.45) is 0 Å². The monoisotopic (exact) mass is 271 g/mol. The average Bonchev–Trinajstić information content (AvgIpc) is 2.13. The van der Waals surface area contributed by atoms with E-state index in [9.17, 15) is 5.11 Å². The molecule has 0 aliphatic rings. The second-order valence-electron chi connectivity index (χ2n) is 4.47. The Labute approximate surface area is 99.8 Å². The van der Waals surface area contributed by atoms with Crippen molar-refractivity contribution in [1.82, 2.24) is 5.32 Å². The van der Waals surface area contributed by atoms with Gasteiger partial charge in [0.15, 0.2) is 0 Å². The summed E-state index contributed by atoms with van der Waals surface area (Å²) in [5.74, 6) is 0. The van der Waals surface area contributed by atoms with Crippen LogP contribution >= 0.6 is 15.9 Å². The molecule has 0 aromatic heterocycles. The van der Waals surface area contributed by atoms with Gasteiger partial charge in [-0.1, -0.05) is 28.1 Å². The molecule has 84 valence electrons. The van der Waals surface area contributed by atoms with Crippen LogP contribution < -0.4 is 5.32 Å². The molecule has 2 nitrogen and oxygen atoms in total. The lowest BCUT2D eigenvalue weighted by molar-refractivity contribution is 0.0770. The molecule has 1 rings (SSSR count). The van der Waals surface area contributed by atoms with Crippen LogP contribution in [0.3, 0.4) is 0 Å². The highest BCUT2D eigenvalue weighted by atomic mass is 79.9. The smallest absolute Gasteiger partial charge is 0.0715 e. The van der Waals surface area contributed by atoms with E-state index in [1.807, 2.05) is 12.1 Å². The van der Waals surface area contributed by atoms with Gasteiger partial charge in [0.25, 0.3) is 0 Å². The summed E-state index contributed by atoms with van der Waals surface area (Å²) in [6.07, 6.45) is 0. The van der Waals surface area contributed by atoms with Crippen LogP contribution in [0.1, 0.15) is 32.4 Å². The molecule has 1 aromatic carbocycles. The summed E-state index contributed by atoms with van der Waals surface area (Å²) in [4.78, 5) is 0. The Hall–Kier alpha value is -0.380. The number of nitrogens with one attached hydrogen (secondary N) is 1. The van der Waals surface area contributed by atoms with Gasteiger partial charge in [-0.25, -0.2) is 0 Å². The zero-order valence-electron chi connectivity index (χ0n) is 9.42. The zero-order valence-corrected chi connectivity index (χ0v) is 11.0. The number of benzene rings is 1. The van der Waals surface area contributed by atoms with E-state index in [1.54, 1.807) is 13.8 Å². The minimum atomic E-state index is -0.666. The van der Waals surface area contributed by atoms with Crippen molar-refractivity contribution in [3.8, 4) is 0 Å². The minimum Gasteiger partial charge on any atom is -0.389 e. The van der Waals surface area contributed by atoms with Crippen LogP contribution in [-0.4, -0.2) is 17.3 Å². The Balaban J connectivity index is 2.58. The van der Waals surface area contributed by atoms with Crippen LogP contribution in [0.5, 0.6) is 0 Å². The van der Waals surface area contributed by atoms with E-state index in [-0.39, 0.29) is 6.04 Å². The van der Waals surface area contributed by atoms with Crippen LogP contribution in [0.4, 0.5) is 0 Å². The van der Waals surface area contributed by atoms with Crippen molar-refractivity contribution >= 4 is 15.9 Å². The second-order valence-corrected chi connectivity index (χ2v) is 5.39. The van der Waals surface area contributed by atoms with Gasteiger partial charge in [-0.2, -0.15) is 0 Å². The van der Waals surface area contributed by atoms with Crippen LogP contribution in [0, 0.1) is 0 Å². The molecule has 0 aliphatic carbocycles. The summed E-state index contributed by atoms with van der Waals surface area (Å²) in [6, 6.07) is 8.43. The number of halogens is 1. The van der Waals surface area contributed by atoms with Gasteiger partial charge in [-0.15, -0.1) is 0 Å². The van der Waals surface area contributed by atoms with Gasteiger partial charge in [0.2, 0.25) is 0 Å². The van der Waals surface area contributed by atoms with Gasteiger partial charge in [-0.05, 0) is 38.5 Å². The van der Waals surface area contributed by atoms with Crippen molar-refractivity contribution < 1.29 is 5.11 Å². The fourth-order valence-corrected chi connectivity index (χ4v) is 1.71. The van der Waals surface area contributed by atoms with Gasteiger partial charge in [0.05, 0.1) is 5.60 Å². The molecular formula is C12H18BrNO.